The van der Waals surface area contributed by atoms with Crippen LogP contribution in [-0.2, 0) is 16.1 Å². The number of amides is 2. The Kier molecular flexibility index (Phi) is 4.70. The van der Waals surface area contributed by atoms with E-state index in [4.69, 9.17) is 0 Å². The summed E-state index contributed by atoms with van der Waals surface area (Å²) in [5, 5.41) is 5.48. The molecule has 5 nitrogen and oxygen atoms in total. The van der Waals surface area contributed by atoms with Crippen molar-refractivity contribution in [2.45, 2.75) is 18.9 Å². The van der Waals surface area contributed by atoms with Crippen LogP contribution < -0.4 is 15.5 Å². The Labute approximate surface area is 145 Å². The fourth-order valence-corrected chi connectivity index (χ4v) is 2.90. The number of halogens is 1. The first-order valence-corrected chi connectivity index (χ1v) is 8.07. The summed E-state index contributed by atoms with van der Waals surface area (Å²) in [7, 11) is 3.93. The van der Waals surface area contributed by atoms with Gasteiger partial charge in [-0.25, -0.2) is 4.39 Å². The highest BCUT2D eigenvalue weighted by atomic mass is 19.1. The van der Waals surface area contributed by atoms with E-state index >= 15 is 0 Å². The predicted molar refractivity (Wildman–Crippen MR) is 95.0 cm³/mol. The average molecular weight is 341 g/mol. The van der Waals surface area contributed by atoms with Crippen molar-refractivity contribution in [3.63, 3.8) is 0 Å². The van der Waals surface area contributed by atoms with Gasteiger partial charge in [0.15, 0.2) is 0 Å². The lowest BCUT2D eigenvalue weighted by molar-refractivity contribution is -0.126. The van der Waals surface area contributed by atoms with Crippen LogP contribution in [0.5, 0.6) is 0 Å². The van der Waals surface area contributed by atoms with Gasteiger partial charge in [-0.3, -0.25) is 9.59 Å². The quantitative estimate of drug-likeness (QED) is 0.899. The van der Waals surface area contributed by atoms with E-state index in [0.29, 0.717) is 17.8 Å². The summed E-state index contributed by atoms with van der Waals surface area (Å²) in [6.45, 7) is 0.376. The van der Waals surface area contributed by atoms with Crippen LogP contribution in [0.2, 0.25) is 0 Å². The van der Waals surface area contributed by atoms with Crippen LogP contribution in [0.15, 0.2) is 42.5 Å². The number of hydrogen-bond acceptors (Lipinski definition) is 3. The smallest absolute Gasteiger partial charge is 0.228 e. The van der Waals surface area contributed by atoms with Gasteiger partial charge in [0.2, 0.25) is 11.8 Å². The fourth-order valence-electron chi connectivity index (χ4n) is 2.90. The molecule has 1 unspecified atom stereocenters. The van der Waals surface area contributed by atoms with E-state index in [1.165, 1.54) is 12.1 Å². The Balaban J connectivity index is 1.70. The van der Waals surface area contributed by atoms with E-state index in [2.05, 4.69) is 10.6 Å². The summed E-state index contributed by atoms with van der Waals surface area (Å²) < 4.78 is 13.4. The summed E-state index contributed by atoms with van der Waals surface area (Å²) >= 11 is 0. The summed E-state index contributed by atoms with van der Waals surface area (Å²) in [5.41, 5.74) is 3.06. The lowest BCUT2D eigenvalue weighted by Crippen LogP contribution is -2.34. The molecule has 1 aliphatic heterocycles. The molecule has 1 heterocycles. The lowest BCUT2D eigenvalue weighted by Gasteiger charge is -2.25. The van der Waals surface area contributed by atoms with E-state index in [-0.39, 0.29) is 18.2 Å². The topological polar surface area (TPSA) is 61.4 Å². The zero-order valence-electron chi connectivity index (χ0n) is 14.2. The molecule has 2 aromatic carbocycles. The number of nitrogens with zero attached hydrogens (tertiary/aromatic N) is 1. The molecular formula is C19H20FN3O2. The molecule has 0 spiro atoms. The molecule has 1 aliphatic rings. The number of benzene rings is 2. The SMILES string of the molecule is CN(C)c1ccc(CNC(=O)C2CC(=O)Nc3cc(F)ccc32)cc1. The maximum atomic E-state index is 13.4. The Morgan fingerprint density at radius 3 is 2.64 bits per heavy atom. The minimum absolute atomic E-state index is 0.0596. The van der Waals surface area contributed by atoms with Crippen LogP contribution in [0, 0.1) is 5.82 Å². The van der Waals surface area contributed by atoms with Crippen molar-refractivity contribution in [3.05, 3.63) is 59.4 Å². The van der Waals surface area contributed by atoms with Crippen molar-refractivity contribution in [2.24, 2.45) is 0 Å². The molecule has 0 saturated carbocycles. The molecule has 0 radical (unpaired) electrons. The van der Waals surface area contributed by atoms with Crippen LogP contribution in [-0.4, -0.2) is 25.9 Å². The molecule has 0 saturated heterocycles. The zero-order chi connectivity index (χ0) is 18.0. The maximum absolute atomic E-state index is 13.4. The van der Waals surface area contributed by atoms with Crippen molar-refractivity contribution in [1.82, 2.24) is 5.32 Å². The predicted octanol–water partition coefficient (Wildman–Crippen LogP) is 2.63. The number of hydrogen-bond donors (Lipinski definition) is 2. The molecule has 25 heavy (non-hydrogen) atoms. The van der Waals surface area contributed by atoms with Crippen LogP contribution in [0.4, 0.5) is 15.8 Å². The molecule has 0 bridgehead atoms. The monoisotopic (exact) mass is 341 g/mol. The highest BCUT2D eigenvalue weighted by Crippen LogP contribution is 2.32. The van der Waals surface area contributed by atoms with E-state index < -0.39 is 11.7 Å². The largest absolute Gasteiger partial charge is 0.378 e. The van der Waals surface area contributed by atoms with Crippen molar-refractivity contribution in [2.75, 3.05) is 24.3 Å². The first kappa shape index (κ1) is 17.0. The van der Waals surface area contributed by atoms with Gasteiger partial charge in [-0.1, -0.05) is 18.2 Å². The Morgan fingerprint density at radius 1 is 1.24 bits per heavy atom. The number of rotatable bonds is 4. The van der Waals surface area contributed by atoms with Crippen molar-refractivity contribution < 1.29 is 14.0 Å². The van der Waals surface area contributed by atoms with Gasteiger partial charge < -0.3 is 15.5 Å². The summed E-state index contributed by atoms with van der Waals surface area (Å²) in [4.78, 5) is 26.4. The third-order valence-electron chi connectivity index (χ3n) is 4.29. The molecule has 0 aliphatic carbocycles. The minimum atomic E-state index is -0.606. The lowest BCUT2D eigenvalue weighted by atomic mass is 9.89. The second-order valence-corrected chi connectivity index (χ2v) is 6.32. The van der Waals surface area contributed by atoms with Crippen molar-refractivity contribution in [1.29, 1.82) is 0 Å². The molecule has 0 fully saturated rings. The molecule has 3 rings (SSSR count). The number of carbonyl (C=O) groups is 2. The highest BCUT2D eigenvalue weighted by Gasteiger charge is 2.30. The van der Waals surface area contributed by atoms with Gasteiger partial charge in [-0.15, -0.1) is 0 Å². The van der Waals surface area contributed by atoms with Crippen LogP contribution in [0.3, 0.4) is 0 Å². The number of nitrogens with one attached hydrogen (secondary N) is 2. The summed E-state index contributed by atoms with van der Waals surface area (Å²) in [6, 6.07) is 12.0. The van der Waals surface area contributed by atoms with E-state index in [1.807, 2.05) is 43.3 Å². The van der Waals surface area contributed by atoms with E-state index in [0.717, 1.165) is 11.3 Å². The molecule has 6 heteroatoms. The third kappa shape index (κ3) is 3.79. The van der Waals surface area contributed by atoms with Gasteiger partial charge >= 0.3 is 0 Å². The summed E-state index contributed by atoms with van der Waals surface area (Å²) in [6.07, 6.45) is 0.0596. The minimum Gasteiger partial charge on any atom is -0.378 e. The van der Waals surface area contributed by atoms with Crippen molar-refractivity contribution in [3.8, 4) is 0 Å². The van der Waals surface area contributed by atoms with Gasteiger partial charge in [-0.2, -0.15) is 0 Å². The average Bonchev–Trinajstić information content (AvgIpc) is 2.58. The number of carbonyl (C=O) groups excluding carboxylic acids is 2. The first-order valence-electron chi connectivity index (χ1n) is 8.07. The molecule has 2 amide bonds. The Bertz CT molecular complexity index is 803. The van der Waals surface area contributed by atoms with Crippen LogP contribution in [0.1, 0.15) is 23.5 Å². The van der Waals surface area contributed by atoms with Crippen LogP contribution >= 0.6 is 0 Å². The third-order valence-corrected chi connectivity index (χ3v) is 4.29. The molecule has 1 atom stereocenters. The van der Waals surface area contributed by atoms with Crippen LogP contribution in [0.25, 0.3) is 0 Å². The summed E-state index contributed by atoms with van der Waals surface area (Å²) in [5.74, 6) is -1.57. The Morgan fingerprint density at radius 2 is 1.96 bits per heavy atom. The highest BCUT2D eigenvalue weighted by molar-refractivity contribution is 6.01. The van der Waals surface area contributed by atoms with E-state index in [1.54, 1.807) is 6.07 Å². The molecule has 0 aromatic heterocycles. The number of fused-ring (bicyclic) bond motifs is 1. The molecular weight excluding hydrogens is 321 g/mol. The van der Waals surface area contributed by atoms with Gasteiger partial charge in [0.05, 0.1) is 5.92 Å². The molecule has 130 valence electrons. The molecule has 2 aromatic rings. The number of anilines is 2. The van der Waals surface area contributed by atoms with E-state index in [9.17, 15) is 14.0 Å². The standard InChI is InChI=1S/C19H20FN3O2/c1-23(2)14-6-3-12(4-7-14)11-21-19(25)16-10-18(24)22-17-9-13(20)5-8-15(16)17/h3-9,16H,10-11H2,1-2H3,(H,21,25)(H,22,24). The van der Waals surface area contributed by atoms with Crippen molar-refractivity contribution >= 4 is 23.2 Å². The normalized spacial score (nSPS) is 16.0. The van der Waals surface area contributed by atoms with Gasteiger partial charge in [0.25, 0.3) is 0 Å². The van der Waals surface area contributed by atoms with Gasteiger partial charge in [-0.05, 0) is 35.4 Å². The second kappa shape index (κ2) is 6.93. The fraction of sp³-hybridized carbons (Fsp3) is 0.263. The molecule has 2 N–H and O–H groups in total. The second-order valence-electron chi connectivity index (χ2n) is 6.32. The maximum Gasteiger partial charge on any atom is 0.228 e. The zero-order valence-corrected chi connectivity index (χ0v) is 14.2. The first-order chi connectivity index (χ1) is 11.9. The Hall–Kier alpha value is -2.89. The van der Waals surface area contributed by atoms with Gasteiger partial charge in [0, 0.05) is 38.4 Å². The van der Waals surface area contributed by atoms with Gasteiger partial charge in [0.1, 0.15) is 5.82 Å².